The maximum Gasteiger partial charge on any atom is 0.104 e. The minimum Gasteiger partial charge on any atom is -1.00 e. The molecule has 0 heterocycles. The van der Waals surface area contributed by atoms with Crippen LogP contribution >= 0.6 is 0 Å². The Bertz CT molecular complexity index is 213. The van der Waals surface area contributed by atoms with Gasteiger partial charge in [0.15, 0.2) is 0 Å². The molecule has 0 aliphatic carbocycles. The summed E-state index contributed by atoms with van der Waals surface area (Å²) >= 11 is 0. The number of hydrogen-bond donors (Lipinski definition) is 0. The fraction of sp³-hybridized carbons (Fsp3) is 0.400. The summed E-state index contributed by atoms with van der Waals surface area (Å²) in [5.41, 5.74) is 1.40. The predicted molar refractivity (Wildman–Crippen MR) is 53.9 cm³/mol. The number of nitrogens with zero attached hydrogens (tertiary/aromatic N) is 1. The molecule has 1 nitrogen and oxygen atoms in total. The van der Waals surface area contributed by atoms with Crippen molar-refractivity contribution in [3.8, 4) is 0 Å². The van der Waals surface area contributed by atoms with Crippen LogP contribution in [0.5, 0.6) is 0 Å². The van der Waals surface area contributed by atoms with Crippen molar-refractivity contribution < 1.29 is 4.48 Å². The van der Waals surface area contributed by atoms with E-state index in [0.717, 1.165) is 11.0 Å². The molecule has 1 rings (SSSR count). The molecule has 0 saturated heterocycles. The molecule has 12 heavy (non-hydrogen) atoms. The molecular weight excluding hydrogens is 145 g/mol. The summed E-state index contributed by atoms with van der Waals surface area (Å²) in [5.74, 6) is 0. The number of rotatable bonds is 2. The Balaban J connectivity index is 0.00000121. The van der Waals surface area contributed by atoms with Gasteiger partial charge in [-0.3, -0.25) is 0 Å². The van der Waals surface area contributed by atoms with E-state index in [4.69, 9.17) is 0 Å². The van der Waals surface area contributed by atoms with Crippen molar-refractivity contribution in [2.45, 2.75) is 6.54 Å². The molecule has 1 aromatic rings. The van der Waals surface area contributed by atoms with Crippen molar-refractivity contribution in [1.82, 2.24) is 0 Å². The molecule has 0 amide bonds. The van der Waals surface area contributed by atoms with E-state index in [0.29, 0.717) is 0 Å². The third-order valence-corrected chi connectivity index (χ3v) is 1.50. The fourth-order valence-corrected chi connectivity index (χ4v) is 1.13. The summed E-state index contributed by atoms with van der Waals surface area (Å²) in [6.07, 6.45) is 0. The van der Waals surface area contributed by atoms with Gasteiger partial charge in [0, 0.05) is 5.56 Å². The lowest BCUT2D eigenvalue weighted by molar-refractivity contribution is -0.884. The Labute approximate surface area is 77.2 Å². The molecule has 64 valence electrons. The highest BCUT2D eigenvalue weighted by molar-refractivity contribution is 5.75. The monoisotopic (exact) mass is 161 g/mol. The lowest BCUT2D eigenvalue weighted by Crippen LogP contribution is -2.33. The van der Waals surface area contributed by atoms with Crippen LogP contribution in [0.3, 0.4) is 0 Å². The quantitative estimate of drug-likeness (QED) is 0.455. The lowest BCUT2D eigenvalue weighted by atomic mass is 10.2. The van der Waals surface area contributed by atoms with Crippen molar-refractivity contribution in [1.29, 1.82) is 0 Å². The zero-order valence-corrected chi connectivity index (χ0v) is 8.12. The average molecular weight is 161 g/mol. The van der Waals surface area contributed by atoms with Crippen LogP contribution in [0, 0.1) is 0 Å². The number of quaternary nitrogens is 1. The van der Waals surface area contributed by atoms with E-state index >= 15 is 0 Å². The Hall–Kier alpha value is -0.755. The molecule has 0 N–H and O–H groups in total. The fourth-order valence-electron chi connectivity index (χ4n) is 1.13. The van der Waals surface area contributed by atoms with Gasteiger partial charge in [0.1, 0.15) is 6.54 Å². The van der Waals surface area contributed by atoms with Crippen LogP contribution in [0.25, 0.3) is 0 Å². The lowest BCUT2D eigenvalue weighted by Gasteiger charge is -2.23. The van der Waals surface area contributed by atoms with Crippen LogP contribution in [0.4, 0.5) is 0 Å². The van der Waals surface area contributed by atoms with E-state index in [2.05, 4.69) is 51.5 Å². The van der Waals surface area contributed by atoms with Crippen LogP contribution in [0.15, 0.2) is 30.3 Å². The summed E-state index contributed by atoms with van der Waals surface area (Å²) in [4.78, 5) is 0. The minimum absolute atomic E-state index is 0. The molecule has 1 aromatic carbocycles. The minimum atomic E-state index is 0. The van der Waals surface area contributed by atoms with Crippen LogP contribution in [-0.4, -0.2) is 34.0 Å². The van der Waals surface area contributed by atoms with Gasteiger partial charge in [-0.15, -0.1) is 0 Å². The molecule has 0 fully saturated rings. The van der Waals surface area contributed by atoms with Crippen molar-refractivity contribution in [2.75, 3.05) is 21.1 Å². The Kier molecular flexibility index (Phi) is 4.04. The molecular formula is C10H16BN. The van der Waals surface area contributed by atoms with Gasteiger partial charge in [0.05, 0.1) is 21.1 Å². The molecule has 0 aromatic heterocycles. The first-order valence-corrected chi connectivity index (χ1v) is 3.92. The van der Waals surface area contributed by atoms with E-state index in [1.165, 1.54) is 5.56 Å². The van der Waals surface area contributed by atoms with Gasteiger partial charge in [0.2, 0.25) is 0 Å². The van der Waals surface area contributed by atoms with Crippen molar-refractivity contribution in [3.63, 3.8) is 0 Å². The van der Waals surface area contributed by atoms with E-state index in [1.807, 2.05) is 0 Å². The maximum absolute atomic E-state index is 2.20. The van der Waals surface area contributed by atoms with Crippen LogP contribution in [-0.2, 0) is 6.54 Å². The SMILES string of the molecule is C[N+](C)(C)Cc1ccccc1.[B-]. The molecule has 0 atom stereocenters. The highest BCUT2D eigenvalue weighted by Crippen LogP contribution is 2.04. The second-order valence-electron chi connectivity index (χ2n) is 3.93. The smallest absolute Gasteiger partial charge is 0.104 e. The van der Waals surface area contributed by atoms with Gasteiger partial charge < -0.3 is 12.9 Å². The van der Waals surface area contributed by atoms with Gasteiger partial charge in [-0.2, -0.15) is 0 Å². The molecule has 0 aliphatic rings. The normalized spacial score (nSPS) is 10.6. The zero-order valence-electron chi connectivity index (χ0n) is 8.12. The van der Waals surface area contributed by atoms with Crippen molar-refractivity contribution in [2.24, 2.45) is 0 Å². The number of hydrogen-bond acceptors (Lipinski definition) is 0. The summed E-state index contributed by atoms with van der Waals surface area (Å²) in [6.45, 7) is 1.10. The third kappa shape index (κ3) is 4.19. The topological polar surface area (TPSA) is 0 Å². The molecule has 4 radical (unpaired) electrons. The summed E-state index contributed by atoms with van der Waals surface area (Å²) in [6, 6.07) is 10.6. The van der Waals surface area contributed by atoms with Crippen LogP contribution in [0.1, 0.15) is 5.56 Å². The van der Waals surface area contributed by atoms with Crippen molar-refractivity contribution in [3.05, 3.63) is 35.9 Å². The summed E-state index contributed by atoms with van der Waals surface area (Å²) < 4.78 is 0.990. The van der Waals surface area contributed by atoms with E-state index in [1.54, 1.807) is 0 Å². The third-order valence-electron chi connectivity index (χ3n) is 1.50. The van der Waals surface area contributed by atoms with Crippen molar-refractivity contribution >= 4 is 8.41 Å². The number of benzene rings is 1. The van der Waals surface area contributed by atoms with E-state index in [-0.39, 0.29) is 8.41 Å². The van der Waals surface area contributed by atoms with Gasteiger partial charge in [-0.25, -0.2) is 0 Å². The largest absolute Gasteiger partial charge is 1.00 e. The molecule has 0 bridgehead atoms. The Morgan fingerprint density at radius 1 is 1.00 bits per heavy atom. The molecule has 0 unspecified atom stereocenters. The maximum atomic E-state index is 2.20. The molecule has 0 aliphatic heterocycles. The van der Waals surface area contributed by atoms with Gasteiger partial charge in [0.25, 0.3) is 0 Å². The second kappa shape index (κ2) is 4.32. The summed E-state index contributed by atoms with van der Waals surface area (Å²) in [7, 11) is 6.60. The molecule has 0 spiro atoms. The first-order valence-electron chi connectivity index (χ1n) is 3.92. The first kappa shape index (κ1) is 11.2. The predicted octanol–water partition coefficient (Wildman–Crippen LogP) is 1.51. The molecule has 0 saturated carbocycles. The Morgan fingerprint density at radius 2 is 1.50 bits per heavy atom. The van der Waals surface area contributed by atoms with Gasteiger partial charge in [-0.05, 0) is 0 Å². The highest BCUT2D eigenvalue weighted by atomic mass is 15.3. The highest BCUT2D eigenvalue weighted by Gasteiger charge is 2.06. The summed E-state index contributed by atoms with van der Waals surface area (Å²) in [5, 5.41) is 0. The van der Waals surface area contributed by atoms with E-state index in [9.17, 15) is 0 Å². The Morgan fingerprint density at radius 3 is 1.92 bits per heavy atom. The zero-order chi connectivity index (χ0) is 8.32. The average Bonchev–Trinajstić information content (AvgIpc) is 1.85. The first-order chi connectivity index (χ1) is 5.08. The standard InChI is InChI=1S/C10H16N.B/c1-11(2,3)9-10-7-5-4-6-8-10;/h4-8H,9H2,1-3H3;/q+1;-1. The van der Waals surface area contributed by atoms with Gasteiger partial charge >= 0.3 is 0 Å². The molecule has 2 heteroatoms. The van der Waals surface area contributed by atoms with Crippen LogP contribution in [0.2, 0.25) is 0 Å². The van der Waals surface area contributed by atoms with E-state index < -0.39 is 0 Å². The van der Waals surface area contributed by atoms with Crippen LogP contribution < -0.4 is 0 Å². The van der Waals surface area contributed by atoms with Gasteiger partial charge in [-0.1, -0.05) is 30.3 Å². The second-order valence-corrected chi connectivity index (χ2v) is 3.93.